The fourth-order valence-electron chi connectivity index (χ4n) is 1.85. The maximum absolute atomic E-state index is 11.9. The van der Waals surface area contributed by atoms with Crippen LogP contribution in [0.5, 0.6) is 5.75 Å². The van der Waals surface area contributed by atoms with Gasteiger partial charge in [0.25, 0.3) is 5.91 Å². The predicted octanol–water partition coefficient (Wildman–Crippen LogP) is 0.599. The van der Waals surface area contributed by atoms with E-state index in [0.29, 0.717) is 13.1 Å². The van der Waals surface area contributed by atoms with Gasteiger partial charge in [0, 0.05) is 26.2 Å². The highest BCUT2D eigenvalue weighted by Crippen LogP contribution is 2.24. The number of aromatic carboxylic acids is 1. The number of likely N-dealkylation sites (N-methyl/N-ethyl adjacent to an activating group) is 1. The molecule has 0 bridgehead atoms. The number of carboxylic acid groups (broad SMARTS) is 1. The number of thiophene rings is 1. The lowest BCUT2D eigenvalue weighted by Gasteiger charge is -2.32. The molecular weight excluding hydrogens is 268 g/mol. The summed E-state index contributed by atoms with van der Waals surface area (Å²) < 4.78 is 5.31. The molecule has 1 aliphatic rings. The summed E-state index contributed by atoms with van der Waals surface area (Å²) in [5, 5.41) is 10.6. The fraction of sp³-hybridized carbons (Fsp3) is 0.500. The van der Waals surface area contributed by atoms with Gasteiger partial charge in [0.1, 0.15) is 5.75 Å². The van der Waals surface area contributed by atoms with E-state index in [-0.39, 0.29) is 23.1 Å². The highest BCUT2D eigenvalue weighted by atomic mass is 32.1. The van der Waals surface area contributed by atoms with Crippen LogP contribution >= 0.6 is 11.3 Å². The quantitative estimate of drug-likeness (QED) is 0.876. The Morgan fingerprint density at radius 1 is 1.37 bits per heavy atom. The highest BCUT2D eigenvalue weighted by molar-refractivity contribution is 7.12. The number of piperazine rings is 1. The van der Waals surface area contributed by atoms with E-state index in [1.165, 1.54) is 0 Å². The molecule has 1 saturated heterocycles. The third-order valence-corrected chi connectivity index (χ3v) is 3.91. The Morgan fingerprint density at radius 3 is 2.68 bits per heavy atom. The molecule has 1 aromatic rings. The molecule has 0 saturated carbocycles. The van der Waals surface area contributed by atoms with E-state index in [0.717, 1.165) is 24.4 Å². The first-order chi connectivity index (χ1) is 9.08. The van der Waals surface area contributed by atoms with E-state index in [4.69, 9.17) is 9.84 Å². The molecule has 0 aromatic carbocycles. The summed E-state index contributed by atoms with van der Waals surface area (Å²) in [6.07, 6.45) is 0. The normalized spacial score (nSPS) is 16.4. The molecule has 0 unspecified atom stereocenters. The Balaban J connectivity index is 1.86. The highest BCUT2D eigenvalue weighted by Gasteiger charge is 2.20. The van der Waals surface area contributed by atoms with Crippen LogP contribution in [0.25, 0.3) is 0 Å². The first-order valence-corrected chi connectivity index (χ1v) is 6.86. The molecule has 1 amide bonds. The van der Waals surface area contributed by atoms with Crippen LogP contribution in [-0.4, -0.2) is 66.6 Å². The largest absolute Gasteiger partial charge is 0.482 e. The monoisotopic (exact) mass is 284 g/mol. The van der Waals surface area contributed by atoms with Gasteiger partial charge >= 0.3 is 5.97 Å². The number of ether oxygens (including phenoxy) is 1. The van der Waals surface area contributed by atoms with Gasteiger partial charge in [-0.05, 0) is 18.5 Å². The zero-order valence-corrected chi connectivity index (χ0v) is 11.5. The number of rotatable bonds is 4. The molecule has 1 N–H and O–H groups in total. The molecule has 1 fully saturated rings. The minimum Gasteiger partial charge on any atom is -0.482 e. The lowest BCUT2D eigenvalue weighted by Crippen LogP contribution is -2.48. The lowest BCUT2D eigenvalue weighted by atomic mass is 10.3. The maximum atomic E-state index is 11.9. The van der Waals surface area contributed by atoms with E-state index < -0.39 is 5.97 Å². The van der Waals surface area contributed by atoms with Crippen LogP contribution in [0.4, 0.5) is 0 Å². The second-order valence-electron chi connectivity index (χ2n) is 4.39. The van der Waals surface area contributed by atoms with E-state index in [1.54, 1.807) is 16.3 Å². The first kappa shape index (κ1) is 13.8. The van der Waals surface area contributed by atoms with Crippen molar-refractivity contribution < 1.29 is 19.4 Å². The smallest absolute Gasteiger partial charge is 0.349 e. The van der Waals surface area contributed by atoms with Crippen molar-refractivity contribution in [3.63, 3.8) is 0 Å². The average molecular weight is 284 g/mol. The summed E-state index contributed by atoms with van der Waals surface area (Å²) >= 11 is 1.09. The van der Waals surface area contributed by atoms with Crippen molar-refractivity contribution in [2.24, 2.45) is 0 Å². The molecule has 0 radical (unpaired) electrons. The molecule has 0 spiro atoms. The number of hydrogen-bond acceptors (Lipinski definition) is 5. The van der Waals surface area contributed by atoms with Crippen LogP contribution in [0, 0.1) is 0 Å². The number of nitrogens with zero attached hydrogens (tertiary/aromatic N) is 2. The van der Waals surface area contributed by atoms with E-state index in [2.05, 4.69) is 4.90 Å². The van der Waals surface area contributed by atoms with Gasteiger partial charge in [0.15, 0.2) is 11.5 Å². The molecule has 2 heterocycles. The van der Waals surface area contributed by atoms with E-state index >= 15 is 0 Å². The molecule has 0 aliphatic carbocycles. The summed E-state index contributed by atoms with van der Waals surface area (Å²) in [5.74, 6) is -0.868. The van der Waals surface area contributed by atoms with Crippen molar-refractivity contribution in [1.82, 2.24) is 9.80 Å². The topological polar surface area (TPSA) is 70.1 Å². The Kier molecular flexibility index (Phi) is 4.39. The number of amides is 1. The summed E-state index contributed by atoms with van der Waals surface area (Å²) in [7, 11) is 2.02. The Morgan fingerprint density at radius 2 is 2.05 bits per heavy atom. The lowest BCUT2D eigenvalue weighted by molar-refractivity contribution is -0.134. The Hall–Kier alpha value is -1.60. The van der Waals surface area contributed by atoms with Gasteiger partial charge in [-0.1, -0.05) is 0 Å². The summed E-state index contributed by atoms with van der Waals surface area (Å²) in [6.45, 7) is 2.97. The van der Waals surface area contributed by atoms with Crippen molar-refractivity contribution in [2.45, 2.75) is 0 Å². The molecule has 104 valence electrons. The minimum atomic E-state index is -1.03. The van der Waals surface area contributed by atoms with Gasteiger partial charge in [-0.3, -0.25) is 4.79 Å². The van der Waals surface area contributed by atoms with Gasteiger partial charge < -0.3 is 19.6 Å². The molecule has 1 aliphatic heterocycles. The van der Waals surface area contributed by atoms with Crippen molar-refractivity contribution in [3.8, 4) is 5.75 Å². The summed E-state index contributed by atoms with van der Waals surface area (Å²) in [4.78, 5) is 26.8. The molecular formula is C12H16N2O4S. The first-order valence-electron chi connectivity index (χ1n) is 5.98. The van der Waals surface area contributed by atoms with Crippen LogP contribution in [0.1, 0.15) is 9.67 Å². The van der Waals surface area contributed by atoms with Gasteiger partial charge in [-0.15, -0.1) is 11.3 Å². The van der Waals surface area contributed by atoms with Crippen LogP contribution in [0.15, 0.2) is 11.4 Å². The number of carbonyl (C=O) groups excluding carboxylic acids is 1. The molecule has 2 rings (SSSR count). The summed E-state index contributed by atoms with van der Waals surface area (Å²) in [5.41, 5.74) is 0. The van der Waals surface area contributed by atoms with Crippen LogP contribution in [0.2, 0.25) is 0 Å². The standard InChI is InChI=1S/C12H16N2O4S/c1-13-3-5-14(6-4-13)10(15)8-18-9-2-7-19-11(9)12(16)17/h2,7H,3-6,8H2,1H3,(H,16,17). The van der Waals surface area contributed by atoms with Gasteiger partial charge in [-0.2, -0.15) is 0 Å². The molecule has 19 heavy (non-hydrogen) atoms. The van der Waals surface area contributed by atoms with Gasteiger partial charge in [-0.25, -0.2) is 4.79 Å². The number of hydrogen-bond donors (Lipinski definition) is 1. The molecule has 6 nitrogen and oxygen atoms in total. The zero-order valence-electron chi connectivity index (χ0n) is 10.7. The Labute approximate surface area is 115 Å². The van der Waals surface area contributed by atoms with Crippen molar-refractivity contribution in [2.75, 3.05) is 39.8 Å². The molecule has 1 aromatic heterocycles. The van der Waals surface area contributed by atoms with Crippen molar-refractivity contribution in [3.05, 3.63) is 16.3 Å². The number of carbonyl (C=O) groups is 2. The zero-order chi connectivity index (χ0) is 13.8. The number of carboxylic acids is 1. The minimum absolute atomic E-state index is 0.101. The SMILES string of the molecule is CN1CCN(C(=O)COc2ccsc2C(=O)O)CC1. The second kappa shape index (κ2) is 6.03. The van der Waals surface area contributed by atoms with Crippen LogP contribution < -0.4 is 4.74 Å². The second-order valence-corrected chi connectivity index (χ2v) is 5.31. The van der Waals surface area contributed by atoms with Crippen LogP contribution in [0.3, 0.4) is 0 Å². The van der Waals surface area contributed by atoms with Crippen molar-refractivity contribution >= 4 is 23.2 Å². The fourth-order valence-corrected chi connectivity index (χ4v) is 2.53. The molecule has 7 heteroatoms. The summed E-state index contributed by atoms with van der Waals surface area (Å²) in [6, 6.07) is 1.57. The van der Waals surface area contributed by atoms with Crippen LogP contribution in [-0.2, 0) is 4.79 Å². The Bertz CT molecular complexity index is 466. The predicted molar refractivity (Wildman–Crippen MR) is 70.9 cm³/mol. The van der Waals surface area contributed by atoms with Crippen molar-refractivity contribution in [1.29, 1.82) is 0 Å². The third kappa shape index (κ3) is 3.45. The third-order valence-electron chi connectivity index (χ3n) is 3.03. The molecule has 0 atom stereocenters. The van der Waals surface area contributed by atoms with Gasteiger partial charge in [0.05, 0.1) is 0 Å². The van der Waals surface area contributed by atoms with E-state index in [9.17, 15) is 9.59 Å². The average Bonchev–Trinajstić information content (AvgIpc) is 2.85. The maximum Gasteiger partial charge on any atom is 0.349 e. The van der Waals surface area contributed by atoms with E-state index in [1.807, 2.05) is 7.05 Å². The van der Waals surface area contributed by atoms with Gasteiger partial charge in [0.2, 0.25) is 0 Å².